The van der Waals surface area contributed by atoms with Gasteiger partial charge in [0.1, 0.15) is 21.4 Å². The van der Waals surface area contributed by atoms with Crippen molar-refractivity contribution in [3.05, 3.63) is 76.6 Å². The minimum Gasteiger partial charge on any atom is -0.369 e. The van der Waals surface area contributed by atoms with Gasteiger partial charge in [0.25, 0.3) is 0 Å². The van der Waals surface area contributed by atoms with Crippen LogP contribution in [0.4, 0.5) is 0 Å². The summed E-state index contributed by atoms with van der Waals surface area (Å²) in [5, 5.41) is 9.14. The van der Waals surface area contributed by atoms with Crippen molar-refractivity contribution in [2.24, 2.45) is 0 Å². The van der Waals surface area contributed by atoms with Crippen molar-refractivity contribution < 1.29 is 28.5 Å². The van der Waals surface area contributed by atoms with Gasteiger partial charge in [-0.1, -0.05) is 74.5 Å². The number of hydrogen-bond acceptors (Lipinski definition) is 9. The highest BCUT2D eigenvalue weighted by Gasteiger charge is 2.73. The largest absolute Gasteiger partial charge is 0.369 e. The van der Waals surface area contributed by atoms with Crippen LogP contribution >= 0.6 is 0 Å². The number of likely N-dealkylation sites (N-methyl/N-ethyl adjacent to an activating group) is 2. The van der Waals surface area contributed by atoms with E-state index in [9.17, 15) is 18.8 Å². The molecule has 0 saturated carbocycles. The number of hydrogen-bond donors (Lipinski definition) is 0. The zero-order chi connectivity index (χ0) is 26.8. The van der Waals surface area contributed by atoms with Crippen LogP contribution in [0.5, 0.6) is 0 Å². The lowest BCUT2D eigenvalue weighted by Crippen LogP contribution is -2.66. The zero-order valence-corrected chi connectivity index (χ0v) is 22.0. The smallest absolute Gasteiger partial charge is 0.366 e. The third kappa shape index (κ3) is 5.04. The molecule has 0 amide bonds. The molecule has 0 bridgehead atoms. The highest BCUT2D eigenvalue weighted by molar-refractivity contribution is 5.80. The topological polar surface area (TPSA) is 133 Å². The van der Waals surface area contributed by atoms with Crippen LogP contribution in [-0.4, -0.2) is 56.7 Å². The minimum atomic E-state index is -4.81. The molecule has 37 heavy (non-hydrogen) atoms. The molecule has 3 aromatic rings. The van der Waals surface area contributed by atoms with Crippen molar-refractivity contribution in [2.75, 3.05) is 26.2 Å². The maximum atomic E-state index is 13.6. The zero-order valence-electron chi connectivity index (χ0n) is 21.3. The SMILES string of the molecule is CCN(CC)C1=C(n2nc(-c3ccccc3)c(=O)c(-c3ccccc3)n2)C1(O[Cl+3]([O-])([O-])[O-])N(CC)CC. The summed E-state index contributed by atoms with van der Waals surface area (Å²) >= 11 is 0. The maximum absolute atomic E-state index is 13.6. The first-order valence-corrected chi connectivity index (χ1v) is 13.4. The molecule has 1 aromatic heterocycles. The van der Waals surface area contributed by atoms with Crippen LogP contribution < -0.4 is 19.4 Å². The lowest BCUT2D eigenvalue weighted by Gasteiger charge is -2.31. The van der Waals surface area contributed by atoms with E-state index in [2.05, 4.69) is 10.2 Å². The Labute approximate surface area is 217 Å². The van der Waals surface area contributed by atoms with Gasteiger partial charge in [-0.2, -0.15) is 14.0 Å². The third-order valence-electron chi connectivity index (χ3n) is 6.41. The molecule has 0 saturated heterocycles. The molecule has 1 atom stereocenters. The quantitative estimate of drug-likeness (QED) is 0.326. The van der Waals surface area contributed by atoms with Crippen LogP contribution in [0.25, 0.3) is 28.2 Å². The van der Waals surface area contributed by atoms with Crippen molar-refractivity contribution in [1.29, 1.82) is 0 Å². The Hall–Kier alpha value is -3.12. The van der Waals surface area contributed by atoms with Crippen LogP contribution in [0.1, 0.15) is 27.7 Å². The van der Waals surface area contributed by atoms with Crippen LogP contribution in [0.3, 0.4) is 0 Å². The van der Waals surface area contributed by atoms with E-state index in [1.54, 1.807) is 53.4 Å². The van der Waals surface area contributed by atoms with Gasteiger partial charge < -0.3 is 4.90 Å². The molecular weight excluding hydrogens is 498 g/mol. The minimum absolute atomic E-state index is 0.142. The van der Waals surface area contributed by atoms with E-state index < -0.39 is 16.0 Å². The monoisotopic (exact) mass is 527 g/mol. The van der Waals surface area contributed by atoms with E-state index in [4.69, 9.17) is 4.29 Å². The van der Waals surface area contributed by atoms with Crippen molar-refractivity contribution in [2.45, 2.75) is 33.4 Å². The molecule has 196 valence electrons. The highest BCUT2D eigenvalue weighted by Crippen LogP contribution is 2.54. The van der Waals surface area contributed by atoms with E-state index in [0.717, 1.165) is 0 Å². The van der Waals surface area contributed by atoms with Gasteiger partial charge in [0.2, 0.25) is 5.43 Å². The molecule has 1 aliphatic carbocycles. The van der Waals surface area contributed by atoms with Gasteiger partial charge in [0.15, 0.2) is 5.70 Å². The molecule has 0 aliphatic heterocycles. The molecule has 2 aromatic carbocycles. The Morgan fingerprint density at radius 3 is 1.65 bits per heavy atom. The molecule has 1 heterocycles. The Kier molecular flexibility index (Phi) is 7.79. The first kappa shape index (κ1) is 26.9. The summed E-state index contributed by atoms with van der Waals surface area (Å²) in [4.78, 5) is 18.5. The van der Waals surface area contributed by atoms with E-state index >= 15 is 0 Å². The van der Waals surface area contributed by atoms with E-state index in [-0.39, 0.29) is 22.5 Å². The summed E-state index contributed by atoms with van der Waals surface area (Å²) in [6.07, 6.45) is 0. The second-order valence-corrected chi connectivity index (χ2v) is 9.30. The number of rotatable bonds is 11. The van der Waals surface area contributed by atoms with Crippen LogP contribution in [-0.2, 0) is 4.29 Å². The second-order valence-electron chi connectivity index (χ2n) is 8.39. The Balaban J connectivity index is 2.03. The van der Waals surface area contributed by atoms with Gasteiger partial charge in [-0.3, -0.25) is 9.69 Å². The molecule has 1 unspecified atom stereocenters. The fourth-order valence-corrected chi connectivity index (χ4v) is 5.19. The average molecular weight is 528 g/mol. The Bertz CT molecular complexity index is 1250. The summed E-state index contributed by atoms with van der Waals surface area (Å²) < 4.78 is 41.3. The highest BCUT2D eigenvalue weighted by atomic mass is 35.7. The van der Waals surface area contributed by atoms with Crippen LogP contribution in [0.2, 0.25) is 0 Å². The molecule has 0 fully saturated rings. The van der Waals surface area contributed by atoms with Crippen molar-refractivity contribution in [3.8, 4) is 22.5 Å². The third-order valence-corrected chi connectivity index (χ3v) is 6.82. The first-order valence-electron chi connectivity index (χ1n) is 12.2. The summed E-state index contributed by atoms with van der Waals surface area (Å²) in [6.45, 7) is 9.33. The number of benzene rings is 2. The lowest BCUT2D eigenvalue weighted by atomic mass is 10.1. The van der Waals surface area contributed by atoms with Gasteiger partial charge in [-0.25, -0.2) is 0 Å². The van der Waals surface area contributed by atoms with Gasteiger partial charge in [-0.15, -0.1) is 15.0 Å². The molecule has 0 radical (unpaired) electrons. The van der Waals surface area contributed by atoms with E-state index in [1.165, 1.54) is 4.80 Å². The van der Waals surface area contributed by atoms with Gasteiger partial charge >= 0.3 is 5.72 Å². The summed E-state index contributed by atoms with van der Waals surface area (Å²) in [7, 11) is -4.81. The molecule has 10 nitrogen and oxygen atoms in total. The lowest BCUT2D eigenvalue weighted by molar-refractivity contribution is -1.92. The average Bonchev–Trinajstić information content (AvgIpc) is 3.52. The number of halogens is 1. The molecule has 1 aliphatic rings. The van der Waals surface area contributed by atoms with Crippen LogP contribution in [0, 0.1) is 10.2 Å². The fraction of sp³-hybridized carbons (Fsp3) is 0.346. The fourth-order valence-electron chi connectivity index (χ4n) is 4.68. The van der Waals surface area contributed by atoms with E-state index in [1.807, 2.05) is 44.7 Å². The maximum Gasteiger partial charge on any atom is 0.366 e. The first-order chi connectivity index (χ1) is 17.7. The Morgan fingerprint density at radius 2 is 1.27 bits per heavy atom. The standard InChI is InChI=1S/C26H30ClN5O5/c1-5-30(6-2)24-25(26(24,31(7-3)8-4)37-27(34,35)36)32-28-21(19-15-11-9-12-16-19)23(33)22(29-32)20-17-13-10-14-18-20/h9-18H,5-8H2,1-4H3. The van der Waals surface area contributed by atoms with Gasteiger partial charge in [-0.05, 0) is 26.9 Å². The van der Waals surface area contributed by atoms with Crippen molar-refractivity contribution in [3.63, 3.8) is 0 Å². The summed E-state index contributed by atoms with van der Waals surface area (Å²) in [5.41, 5.74) is 0.117. The van der Waals surface area contributed by atoms with Gasteiger partial charge in [0, 0.05) is 24.2 Å². The van der Waals surface area contributed by atoms with Crippen LogP contribution in [0.15, 0.2) is 71.2 Å². The molecule has 11 heteroatoms. The Morgan fingerprint density at radius 1 is 0.811 bits per heavy atom. The predicted molar refractivity (Wildman–Crippen MR) is 130 cm³/mol. The molecule has 0 N–H and O–H groups in total. The van der Waals surface area contributed by atoms with Crippen molar-refractivity contribution >= 4 is 5.70 Å². The molecule has 4 rings (SSSR count). The number of nitrogens with zero attached hydrogens (tertiary/aromatic N) is 5. The molecule has 0 spiro atoms. The number of aromatic nitrogens is 3. The summed E-state index contributed by atoms with van der Waals surface area (Å²) in [5.74, 6) is 0. The normalized spacial score (nSPS) is 17.4. The predicted octanol–water partition coefficient (Wildman–Crippen LogP) is 0.448. The molecular formula is C26H30ClN5O5. The summed E-state index contributed by atoms with van der Waals surface area (Å²) in [6, 6.07) is 17.9. The van der Waals surface area contributed by atoms with E-state index in [0.29, 0.717) is 43.0 Å². The van der Waals surface area contributed by atoms with Gasteiger partial charge in [0.05, 0.1) is 10.2 Å². The second kappa shape index (κ2) is 10.7. The van der Waals surface area contributed by atoms with Crippen molar-refractivity contribution in [1.82, 2.24) is 24.8 Å².